The predicted molar refractivity (Wildman–Crippen MR) is 118 cm³/mol. The molecule has 0 saturated carbocycles. The number of carbonyl (C=O) groups is 1. The summed E-state index contributed by atoms with van der Waals surface area (Å²) in [5.41, 5.74) is 7.00. The van der Waals surface area contributed by atoms with E-state index in [1.807, 2.05) is 10.2 Å². The summed E-state index contributed by atoms with van der Waals surface area (Å²) in [5, 5.41) is 13.1. The van der Waals surface area contributed by atoms with E-state index in [9.17, 15) is 9.18 Å². The van der Waals surface area contributed by atoms with Gasteiger partial charge >= 0.3 is 6.09 Å². The van der Waals surface area contributed by atoms with Crippen LogP contribution in [0.25, 0.3) is 11.1 Å². The third kappa shape index (κ3) is 6.00. The van der Waals surface area contributed by atoms with Gasteiger partial charge < -0.3 is 20.2 Å². The van der Waals surface area contributed by atoms with Gasteiger partial charge in [0.2, 0.25) is 5.95 Å². The van der Waals surface area contributed by atoms with E-state index in [0.29, 0.717) is 31.2 Å². The second-order valence-electron chi connectivity index (χ2n) is 6.89. The molecule has 2 heterocycles. The van der Waals surface area contributed by atoms with Gasteiger partial charge in [-0.3, -0.25) is 10.7 Å². The molecule has 0 radical (unpaired) electrons. The lowest BCUT2D eigenvalue weighted by Crippen LogP contribution is -2.36. The number of nitrogens with two attached hydrogens (primary N) is 1. The van der Waals surface area contributed by atoms with Crippen LogP contribution in [0.5, 0.6) is 0 Å². The van der Waals surface area contributed by atoms with Gasteiger partial charge in [-0.15, -0.1) is 0 Å². The quantitative estimate of drug-likeness (QED) is 0.197. The molecule has 168 valence electrons. The van der Waals surface area contributed by atoms with E-state index in [4.69, 9.17) is 20.7 Å². The summed E-state index contributed by atoms with van der Waals surface area (Å²) in [7, 11) is 0. The van der Waals surface area contributed by atoms with Crippen LogP contribution in [0.1, 0.15) is 18.4 Å². The predicted octanol–water partition coefficient (Wildman–Crippen LogP) is 2.56. The molecule has 32 heavy (non-hydrogen) atoms. The lowest BCUT2D eigenvalue weighted by atomic mass is 10.1. The molecule has 10 nitrogen and oxygen atoms in total. The summed E-state index contributed by atoms with van der Waals surface area (Å²) in [5.74, 6) is -0.543. The number of hydrogen-bond donors (Lipinski definition) is 3. The number of ether oxygens (including phenoxy) is 1. The molecule has 1 aliphatic rings. The second kappa shape index (κ2) is 10.8. The molecule has 1 fully saturated rings. The van der Waals surface area contributed by atoms with Crippen molar-refractivity contribution < 1.29 is 18.8 Å². The van der Waals surface area contributed by atoms with Crippen molar-refractivity contribution in [3.05, 3.63) is 54.6 Å². The summed E-state index contributed by atoms with van der Waals surface area (Å²) in [4.78, 5) is 27.4. The van der Waals surface area contributed by atoms with Crippen LogP contribution in [0.4, 0.5) is 15.1 Å². The van der Waals surface area contributed by atoms with Crippen molar-refractivity contribution in [3.63, 3.8) is 0 Å². The molecular formula is C21H24FN7O3. The van der Waals surface area contributed by atoms with Crippen LogP contribution in [-0.2, 0) is 16.2 Å². The third-order valence-electron chi connectivity index (χ3n) is 4.63. The maximum absolute atomic E-state index is 14.9. The van der Waals surface area contributed by atoms with E-state index in [2.05, 4.69) is 21.7 Å². The fraction of sp³-hybridized carbons (Fsp3) is 0.286. The van der Waals surface area contributed by atoms with Crippen molar-refractivity contribution in [3.8, 4) is 11.1 Å². The van der Waals surface area contributed by atoms with Crippen LogP contribution >= 0.6 is 0 Å². The summed E-state index contributed by atoms with van der Waals surface area (Å²) in [6.45, 7) is 5.07. The monoisotopic (exact) mass is 441 g/mol. The molecule has 4 N–H and O–H groups in total. The van der Waals surface area contributed by atoms with Crippen LogP contribution in [0.2, 0.25) is 0 Å². The Balaban J connectivity index is 1.64. The first-order chi connectivity index (χ1) is 15.5. The van der Waals surface area contributed by atoms with Gasteiger partial charge in [-0.05, 0) is 0 Å². The first kappa shape index (κ1) is 22.7. The number of guanidine groups is 1. The van der Waals surface area contributed by atoms with Gasteiger partial charge in [0.05, 0.1) is 5.71 Å². The van der Waals surface area contributed by atoms with Crippen LogP contribution in [-0.4, -0.2) is 47.4 Å². The van der Waals surface area contributed by atoms with E-state index >= 15 is 0 Å². The zero-order chi connectivity index (χ0) is 22.9. The smallest absolute Gasteiger partial charge is 0.414 e. The highest BCUT2D eigenvalue weighted by atomic mass is 19.1. The molecule has 0 bridgehead atoms. The summed E-state index contributed by atoms with van der Waals surface area (Å²) in [6.07, 6.45) is 5.32. The van der Waals surface area contributed by atoms with Crippen molar-refractivity contribution in [2.45, 2.75) is 19.4 Å². The summed E-state index contributed by atoms with van der Waals surface area (Å²) < 4.78 is 19.8. The Kier molecular flexibility index (Phi) is 7.68. The number of nitrogens with one attached hydrogen (secondary N) is 2. The van der Waals surface area contributed by atoms with E-state index < -0.39 is 17.9 Å². The number of rotatable bonds is 7. The molecule has 0 unspecified atom stereocenters. The van der Waals surface area contributed by atoms with Crippen molar-refractivity contribution in [1.82, 2.24) is 15.3 Å². The lowest BCUT2D eigenvalue weighted by Gasteiger charge is -2.27. The minimum Gasteiger partial charge on any atom is -0.444 e. The Labute approximate surface area is 184 Å². The molecule has 0 spiro atoms. The summed E-state index contributed by atoms with van der Waals surface area (Å²) in [6, 6.07) is 4.74. The molecule has 3 rings (SSSR count). The van der Waals surface area contributed by atoms with Crippen LogP contribution < -0.4 is 16.0 Å². The Morgan fingerprint density at radius 1 is 1.34 bits per heavy atom. The van der Waals surface area contributed by atoms with Crippen LogP contribution in [0.15, 0.2) is 48.4 Å². The standard InChI is InChI=1S/C21H24FN7O3/c1-2-10-32-28-16-6-8-29(9-7-16)20-25-11-15(12-26-20)17-5-3-4-14(18(17)22)13-31-21(30)27-19(23)24/h2-5,11-12H,1,6-10,13H2,(H4,23,24,27,30). The minimum absolute atomic E-state index is 0.173. The number of carbonyl (C=O) groups excluding carboxylic acids is 1. The fourth-order valence-corrected chi connectivity index (χ4v) is 3.06. The van der Waals surface area contributed by atoms with Crippen LogP contribution in [0.3, 0.4) is 0 Å². The average molecular weight is 441 g/mol. The van der Waals surface area contributed by atoms with Gasteiger partial charge in [-0.1, -0.05) is 36.0 Å². The normalized spacial score (nSPS) is 13.3. The highest BCUT2D eigenvalue weighted by Crippen LogP contribution is 2.25. The maximum Gasteiger partial charge on any atom is 0.414 e. The number of nitrogens with zero attached hydrogens (tertiary/aromatic N) is 4. The SMILES string of the molecule is C=CCON=C1CCN(c2ncc(-c3cccc(COC(=O)NC(=N)N)c3F)cn2)CC1. The van der Waals surface area contributed by atoms with Gasteiger partial charge in [0, 0.05) is 55.0 Å². The second-order valence-corrected chi connectivity index (χ2v) is 6.89. The van der Waals surface area contributed by atoms with E-state index in [1.54, 1.807) is 30.6 Å². The topological polar surface area (TPSA) is 139 Å². The number of aromatic nitrogens is 2. The number of piperidine rings is 1. The number of hydrogen-bond acceptors (Lipinski definition) is 8. The van der Waals surface area contributed by atoms with E-state index in [0.717, 1.165) is 18.6 Å². The Bertz CT molecular complexity index is 1000. The van der Waals surface area contributed by atoms with Crippen molar-refractivity contribution in [2.75, 3.05) is 24.6 Å². The molecule has 11 heteroatoms. The third-order valence-corrected chi connectivity index (χ3v) is 4.63. The zero-order valence-electron chi connectivity index (χ0n) is 17.4. The van der Waals surface area contributed by atoms with Gasteiger partial charge in [0.1, 0.15) is 19.0 Å². The fourth-order valence-electron chi connectivity index (χ4n) is 3.06. The van der Waals surface area contributed by atoms with Crippen LogP contribution in [0, 0.1) is 11.2 Å². The lowest BCUT2D eigenvalue weighted by molar-refractivity contribution is 0.143. The average Bonchev–Trinajstić information content (AvgIpc) is 2.79. The molecule has 2 aromatic rings. The number of alkyl carbamates (subject to hydrolysis) is 1. The molecule has 1 aliphatic heterocycles. The molecule has 0 atom stereocenters. The summed E-state index contributed by atoms with van der Waals surface area (Å²) >= 11 is 0. The molecule has 1 aromatic heterocycles. The Morgan fingerprint density at radius 2 is 2.06 bits per heavy atom. The number of amides is 1. The number of oxime groups is 1. The Morgan fingerprint density at radius 3 is 2.72 bits per heavy atom. The minimum atomic E-state index is -0.933. The number of anilines is 1. The largest absolute Gasteiger partial charge is 0.444 e. The van der Waals surface area contributed by atoms with E-state index in [1.165, 1.54) is 6.07 Å². The molecule has 1 amide bonds. The first-order valence-electron chi connectivity index (χ1n) is 9.89. The van der Waals surface area contributed by atoms with Gasteiger partial charge in [-0.2, -0.15) is 0 Å². The van der Waals surface area contributed by atoms with Gasteiger partial charge in [0.15, 0.2) is 5.96 Å². The maximum atomic E-state index is 14.9. The zero-order valence-corrected chi connectivity index (χ0v) is 17.4. The molecule has 1 saturated heterocycles. The number of benzene rings is 1. The van der Waals surface area contributed by atoms with E-state index in [-0.39, 0.29) is 17.7 Å². The first-order valence-corrected chi connectivity index (χ1v) is 9.89. The molecule has 0 aliphatic carbocycles. The Hall–Kier alpha value is -4.02. The molecule has 1 aromatic carbocycles. The highest BCUT2D eigenvalue weighted by Gasteiger charge is 2.19. The van der Waals surface area contributed by atoms with Gasteiger partial charge in [0.25, 0.3) is 0 Å². The highest BCUT2D eigenvalue weighted by molar-refractivity contribution is 5.90. The van der Waals surface area contributed by atoms with Crippen molar-refractivity contribution >= 4 is 23.7 Å². The number of halogens is 1. The van der Waals surface area contributed by atoms with Crippen molar-refractivity contribution in [1.29, 1.82) is 5.41 Å². The van der Waals surface area contributed by atoms with Gasteiger partial charge in [-0.25, -0.2) is 19.2 Å². The van der Waals surface area contributed by atoms with Crippen molar-refractivity contribution in [2.24, 2.45) is 10.9 Å². The molecular weight excluding hydrogens is 417 g/mol.